The number of nitrogens with zero attached hydrogens (tertiary/aromatic N) is 3. The Morgan fingerprint density at radius 3 is 2.39 bits per heavy atom. The van der Waals surface area contributed by atoms with Gasteiger partial charge in [-0.1, -0.05) is 41.4 Å². The highest BCUT2D eigenvalue weighted by Gasteiger charge is 2.23. The molecule has 0 unspecified atom stereocenters. The van der Waals surface area contributed by atoms with Crippen molar-refractivity contribution in [1.29, 1.82) is 0 Å². The van der Waals surface area contributed by atoms with Crippen molar-refractivity contribution in [3.63, 3.8) is 0 Å². The zero-order valence-corrected chi connectivity index (χ0v) is 17.8. The van der Waals surface area contributed by atoms with Gasteiger partial charge in [-0.3, -0.25) is 4.31 Å². The highest BCUT2D eigenvalue weighted by Crippen LogP contribution is 2.26. The molecule has 0 saturated heterocycles. The van der Waals surface area contributed by atoms with Crippen LogP contribution < -0.4 is 9.62 Å². The predicted molar refractivity (Wildman–Crippen MR) is 114 cm³/mol. The number of hydrogen-bond acceptors (Lipinski definition) is 4. The van der Waals surface area contributed by atoms with Gasteiger partial charge in [-0.05, 0) is 37.3 Å². The van der Waals surface area contributed by atoms with Crippen LogP contribution in [0.3, 0.4) is 0 Å². The van der Waals surface area contributed by atoms with Gasteiger partial charge in [0.25, 0.3) is 10.0 Å². The van der Waals surface area contributed by atoms with Crippen LogP contribution in [0.2, 0.25) is 10.2 Å². The van der Waals surface area contributed by atoms with E-state index in [4.69, 9.17) is 23.2 Å². The van der Waals surface area contributed by atoms with Gasteiger partial charge in [0.2, 0.25) is 0 Å². The van der Waals surface area contributed by atoms with Crippen molar-refractivity contribution in [1.82, 2.24) is 9.55 Å². The normalized spacial score (nSPS) is 11.4. The SMILES string of the molecule is CCN(c1ccccc1)S(=O)(=O)c1ccc(NCc2cc(Cl)c(Cl)n2C)nc1. The van der Waals surface area contributed by atoms with Gasteiger partial charge in [0.15, 0.2) is 0 Å². The summed E-state index contributed by atoms with van der Waals surface area (Å²) in [6.45, 7) is 2.57. The number of nitrogens with one attached hydrogen (secondary N) is 1. The fraction of sp³-hybridized carbons (Fsp3) is 0.211. The Labute approximate surface area is 174 Å². The second kappa shape index (κ2) is 8.43. The van der Waals surface area contributed by atoms with Crippen molar-refractivity contribution in [2.75, 3.05) is 16.2 Å². The zero-order valence-electron chi connectivity index (χ0n) is 15.4. The summed E-state index contributed by atoms with van der Waals surface area (Å²) < 4.78 is 29.1. The zero-order chi connectivity index (χ0) is 20.3. The highest BCUT2D eigenvalue weighted by molar-refractivity contribution is 7.92. The average molecular weight is 439 g/mol. The predicted octanol–water partition coefficient (Wildman–Crippen LogP) is 4.55. The Morgan fingerprint density at radius 1 is 1.14 bits per heavy atom. The molecule has 0 aliphatic heterocycles. The topological polar surface area (TPSA) is 67.2 Å². The van der Waals surface area contributed by atoms with Crippen LogP contribution in [0.15, 0.2) is 59.6 Å². The quantitative estimate of drug-likeness (QED) is 0.587. The first-order chi connectivity index (χ1) is 13.3. The first kappa shape index (κ1) is 20.5. The molecule has 1 aromatic carbocycles. The van der Waals surface area contributed by atoms with Crippen LogP contribution in [-0.4, -0.2) is 24.5 Å². The number of para-hydroxylation sites is 1. The van der Waals surface area contributed by atoms with E-state index in [0.29, 0.717) is 34.8 Å². The molecule has 0 atom stereocenters. The van der Waals surface area contributed by atoms with Crippen molar-refractivity contribution in [2.45, 2.75) is 18.4 Å². The number of sulfonamides is 1. The van der Waals surface area contributed by atoms with E-state index in [-0.39, 0.29) is 4.90 Å². The number of anilines is 2. The molecule has 2 aromatic heterocycles. The van der Waals surface area contributed by atoms with Gasteiger partial charge in [-0.25, -0.2) is 13.4 Å². The van der Waals surface area contributed by atoms with E-state index >= 15 is 0 Å². The number of halogens is 2. The minimum absolute atomic E-state index is 0.133. The molecule has 0 amide bonds. The van der Waals surface area contributed by atoms with Crippen LogP contribution >= 0.6 is 23.2 Å². The molecule has 3 aromatic rings. The summed E-state index contributed by atoms with van der Waals surface area (Å²) >= 11 is 12.1. The molecule has 0 aliphatic rings. The lowest BCUT2D eigenvalue weighted by Gasteiger charge is -2.22. The molecule has 0 aliphatic carbocycles. The van der Waals surface area contributed by atoms with E-state index in [2.05, 4.69) is 10.3 Å². The fourth-order valence-electron chi connectivity index (χ4n) is 2.79. The van der Waals surface area contributed by atoms with Crippen molar-refractivity contribution >= 4 is 44.7 Å². The smallest absolute Gasteiger partial charge is 0.265 e. The first-order valence-electron chi connectivity index (χ1n) is 8.62. The number of hydrogen-bond donors (Lipinski definition) is 1. The minimum Gasteiger partial charge on any atom is -0.364 e. The highest BCUT2D eigenvalue weighted by atomic mass is 35.5. The maximum Gasteiger partial charge on any atom is 0.265 e. The number of benzene rings is 1. The maximum atomic E-state index is 13.0. The Bertz CT molecular complexity index is 1050. The third kappa shape index (κ3) is 4.11. The van der Waals surface area contributed by atoms with Crippen LogP contribution in [0.1, 0.15) is 12.6 Å². The number of pyridine rings is 1. The van der Waals surface area contributed by atoms with E-state index in [1.165, 1.54) is 10.5 Å². The van der Waals surface area contributed by atoms with E-state index in [1.54, 1.807) is 54.0 Å². The molecule has 0 bridgehead atoms. The standard InChI is InChI=1S/C19H20Cl2N4O2S/c1-3-25(14-7-5-4-6-8-14)28(26,27)16-9-10-18(23-13-16)22-12-15-11-17(20)19(21)24(15)2/h4-11,13H,3,12H2,1-2H3,(H,22,23). The summed E-state index contributed by atoms with van der Waals surface area (Å²) in [5.74, 6) is 0.551. The van der Waals surface area contributed by atoms with Gasteiger partial charge >= 0.3 is 0 Å². The lowest BCUT2D eigenvalue weighted by molar-refractivity contribution is 0.591. The molecule has 1 N–H and O–H groups in total. The van der Waals surface area contributed by atoms with Crippen molar-refractivity contribution in [3.8, 4) is 0 Å². The third-order valence-electron chi connectivity index (χ3n) is 4.32. The average Bonchev–Trinajstić information content (AvgIpc) is 2.94. The molecule has 0 fully saturated rings. The lowest BCUT2D eigenvalue weighted by Crippen LogP contribution is -2.30. The first-order valence-corrected chi connectivity index (χ1v) is 10.8. The van der Waals surface area contributed by atoms with Gasteiger partial charge in [-0.2, -0.15) is 0 Å². The molecule has 0 spiro atoms. The van der Waals surface area contributed by atoms with E-state index in [1.807, 2.05) is 13.1 Å². The van der Waals surface area contributed by atoms with Crippen LogP contribution in [-0.2, 0) is 23.6 Å². The summed E-state index contributed by atoms with van der Waals surface area (Å²) in [6, 6.07) is 13.9. The molecule has 148 valence electrons. The Kier molecular flexibility index (Phi) is 6.17. The van der Waals surface area contributed by atoms with Gasteiger partial charge < -0.3 is 9.88 Å². The molecule has 2 heterocycles. The van der Waals surface area contributed by atoms with Crippen LogP contribution in [0, 0.1) is 0 Å². The minimum atomic E-state index is -3.69. The summed E-state index contributed by atoms with van der Waals surface area (Å²) in [4.78, 5) is 4.37. The second-order valence-electron chi connectivity index (χ2n) is 6.07. The molecule has 0 radical (unpaired) electrons. The van der Waals surface area contributed by atoms with Gasteiger partial charge in [0, 0.05) is 25.5 Å². The van der Waals surface area contributed by atoms with Crippen molar-refractivity contribution in [2.24, 2.45) is 7.05 Å². The molecule has 9 heteroatoms. The molecule has 0 saturated carbocycles. The summed E-state index contributed by atoms with van der Waals surface area (Å²) in [6.07, 6.45) is 1.36. The van der Waals surface area contributed by atoms with Crippen LogP contribution in [0.5, 0.6) is 0 Å². The van der Waals surface area contributed by atoms with Crippen molar-refractivity contribution < 1.29 is 8.42 Å². The van der Waals surface area contributed by atoms with E-state index < -0.39 is 10.0 Å². The van der Waals surface area contributed by atoms with Gasteiger partial charge in [0.1, 0.15) is 15.9 Å². The van der Waals surface area contributed by atoms with Gasteiger partial charge in [-0.15, -0.1) is 0 Å². The Balaban J connectivity index is 1.76. The maximum absolute atomic E-state index is 13.0. The molecular weight excluding hydrogens is 419 g/mol. The fourth-order valence-corrected chi connectivity index (χ4v) is 4.63. The van der Waals surface area contributed by atoms with E-state index in [9.17, 15) is 8.42 Å². The van der Waals surface area contributed by atoms with Gasteiger partial charge in [0.05, 0.1) is 17.3 Å². The summed E-state index contributed by atoms with van der Waals surface area (Å²) in [5, 5.41) is 4.09. The van der Waals surface area contributed by atoms with E-state index in [0.717, 1.165) is 5.69 Å². The van der Waals surface area contributed by atoms with Crippen LogP contribution in [0.25, 0.3) is 0 Å². The number of aromatic nitrogens is 2. The Hall–Kier alpha value is -2.22. The molecular formula is C19H20Cl2N4O2S. The molecule has 28 heavy (non-hydrogen) atoms. The second-order valence-corrected chi connectivity index (χ2v) is 8.70. The molecule has 3 rings (SSSR count). The largest absolute Gasteiger partial charge is 0.364 e. The third-order valence-corrected chi connectivity index (χ3v) is 7.05. The summed E-state index contributed by atoms with van der Waals surface area (Å²) in [5.41, 5.74) is 1.50. The molecule has 6 nitrogen and oxygen atoms in total. The monoisotopic (exact) mass is 438 g/mol. The Morgan fingerprint density at radius 2 is 1.86 bits per heavy atom. The van der Waals surface area contributed by atoms with Crippen LogP contribution in [0.4, 0.5) is 11.5 Å². The number of rotatable bonds is 7. The lowest BCUT2D eigenvalue weighted by atomic mass is 10.3. The van der Waals surface area contributed by atoms with Crippen molar-refractivity contribution in [3.05, 3.63) is 70.6 Å². The summed E-state index contributed by atoms with van der Waals surface area (Å²) in [7, 11) is -1.88.